The van der Waals surface area contributed by atoms with Crippen LogP contribution < -0.4 is 10.6 Å². The van der Waals surface area contributed by atoms with E-state index in [1.54, 1.807) is 18.3 Å². The molecule has 0 fully saturated rings. The van der Waals surface area contributed by atoms with Gasteiger partial charge in [0.2, 0.25) is 0 Å². The molecule has 0 saturated carbocycles. The first-order valence-electron chi connectivity index (χ1n) is 9.69. The average molecular weight is 495 g/mol. The minimum atomic E-state index is -0.305. The van der Waals surface area contributed by atoms with Gasteiger partial charge in [0.15, 0.2) is 0 Å². The van der Waals surface area contributed by atoms with Crippen LogP contribution in [0.5, 0.6) is 0 Å². The predicted octanol–water partition coefficient (Wildman–Crippen LogP) is 6.50. The topological polar surface area (TPSA) is 54.0 Å². The van der Waals surface area contributed by atoms with Crippen LogP contribution in [-0.4, -0.2) is 15.7 Å². The van der Waals surface area contributed by atoms with Crippen molar-refractivity contribution in [3.05, 3.63) is 81.9 Å². The highest BCUT2D eigenvalue weighted by Gasteiger charge is 2.16. The molecule has 0 aliphatic carbocycles. The zero-order valence-electron chi connectivity index (χ0n) is 17.5. The van der Waals surface area contributed by atoms with Crippen molar-refractivity contribution in [3.8, 4) is 0 Å². The molecule has 1 unspecified atom stereocenters. The lowest BCUT2D eigenvalue weighted by Gasteiger charge is -2.16. The number of benzene rings is 1. The van der Waals surface area contributed by atoms with Gasteiger partial charge in [-0.3, -0.25) is 4.79 Å². The number of amides is 1. The van der Waals surface area contributed by atoms with Crippen LogP contribution in [0.1, 0.15) is 55.1 Å². The molecule has 2 aromatic rings. The van der Waals surface area contributed by atoms with E-state index in [0.29, 0.717) is 23.0 Å². The molecule has 7 heteroatoms. The molecule has 0 radical (unpaired) electrons. The standard InChI is InChI=1S/C23H26BrClFN3O/c1-5-21(20(25)10-15(4)24)29-22-11-18(14(2)3)19(13-27-22)23(30)28-12-16-6-8-17(26)9-7-16/h5-11,13-15H,12H2,1-4H3,(H,27,29)(H,28,30)/b20-10+,21-5+. The number of anilines is 1. The van der Waals surface area contributed by atoms with Crippen molar-refractivity contribution in [3.63, 3.8) is 0 Å². The molecule has 1 aromatic heterocycles. The monoisotopic (exact) mass is 493 g/mol. The van der Waals surface area contributed by atoms with Crippen LogP contribution in [0.4, 0.5) is 10.2 Å². The van der Waals surface area contributed by atoms with Gasteiger partial charge in [0, 0.05) is 17.6 Å². The van der Waals surface area contributed by atoms with Crippen molar-refractivity contribution in [2.75, 3.05) is 5.32 Å². The second-order valence-corrected chi connectivity index (χ2v) is 8.99. The number of halogens is 3. The van der Waals surface area contributed by atoms with Crippen LogP contribution in [0.3, 0.4) is 0 Å². The molecule has 1 aromatic carbocycles. The van der Waals surface area contributed by atoms with Gasteiger partial charge in [0.1, 0.15) is 11.6 Å². The second kappa shape index (κ2) is 11.3. The number of allylic oxidation sites excluding steroid dienone is 3. The van der Waals surface area contributed by atoms with E-state index in [9.17, 15) is 9.18 Å². The molecule has 0 saturated heterocycles. The fraction of sp³-hybridized carbons (Fsp3) is 0.304. The van der Waals surface area contributed by atoms with Crippen LogP contribution in [0.15, 0.2) is 59.4 Å². The van der Waals surface area contributed by atoms with E-state index in [-0.39, 0.29) is 22.5 Å². The van der Waals surface area contributed by atoms with Crippen molar-refractivity contribution in [1.29, 1.82) is 0 Å². The zero-order chi connectivity index (χ0) is 22.3. The highest BCUT2D eigenvalue weighted by atomic mass is 79.9. The van der Waals surface area contributed by atoms with Crippen molar-refractivity contribution in [1.82, 2.24) is 10.3 Å². The smallest absolute Gasteiger partial charge is 0.253 e. The molecule has 1 heterocycles. The van der Waals surface area contributed by atoms with Gasteiger partial charge in [-0.15, -0.1) is 0 Å². The number of carbonyl (C=O) groups excluding carboxylic acids is 1. The number of carbonyl (C=O) groups is 1. The maximum atomic E-state index is 13.0. The number of nitrogens with zero attached hydrogens (tertiary/aromatic N) is 1. The summed E-state index contributed by atoms with van der Waals surface area (Å²) in [5.41, 5.74) is 2.94. The Bertz CT molecular complexity index is 940. The van der Waals surface area contributed by atoms with Gasteiger partial charge in [-0.2, -0.15) is 0 Å². The summed E-state index contributed by atoms with van der Waals surface area (Å²) in [6.45, 7) is 8.21. The third-order valence-corrected chi connectivity index (χ3v) is 4.95. The molecule has 2 N–H and O–H groups in total. The lowest BCUT2D eigenvalue weighted by molar-refractivity contribution is 0.0949. The predicted molar refractivity (Wildman–Crippen MR) is 126 cm³/mol. The number of nitrogens with one attached hydrogen (secondary N) is 2. The molecule has 1 amide bonds. The Balaban J connectivity index is 2.19. The number of alkyl halides is 1. The lowest BCUT2D eigenvalue weighted by atomic mass is 9.98. The van der Waals surface area contributed by atoms with E-state index >= 15 is 0 Å². The third kappa shape index (κ3) is 6.96. The maximum Gasteiger partial charge on any atom is 0.253 e. The fourth-order valence-corrected chi connectivity index (χ4v) is 3.55. The summed E-state index contributed by atoms with van der Waals surface area (Å²) in [4.78, 5) is 17.3. The normalized spacial score (nSPS) is 13.3. The summed E-state index contributed by atoms with van der Waals surface area (Å²) in [7, 11) is 0. The van der Waals surface area contributed by atoms with Crippen molar-refractivity contribution in [2.24, 2.45) is 0 Å². The van der Waals surface area contributed by atoms with Crippen LogP contribution in [0.25, 0.3) is 0 Å². The van der Waals surface area contributed by atoms with Gasteiger partial charge in [-0.05, 0) is 49.1 Å². The third-order valence-electron chi connectivity index (χ3n) is 4.35. The SMILES string of the molecule is C/C=C(Nc1cc(C(C)C)c(C(=O)NCc2ccc(F)cc2)cn1)\C(Cl)=C/C(C)Br. The highest BCUT2D eigenvalue weighted by Crippen LogP contribution is 2.25. The first-order chi connectivity index (χ1) is 14.2. The number of aromatic nitrogens is 1. The maximum absolute atomic E-state index is 13.0. The van der Waals surface area contributed by atoms with Gasteiger partial charge in [0.25, 0.3) is 5.91 Å². The minimum absolute atomic E-state index is 0.114. The highest BCUT2D eigenvalue weighted by molar-refractivity contribution is 9.09. The van der Waals surface area contributed by atoms with Gasteiger partial charge < -0.3 is 10.6 Å². The average Bonchev–Trinajstić information content (AvgIpc) is 2.70. The molecule has 0 aliphatic heterocycles. The number of hydrogen-bond donors (Lipinski definition) is 2. The number of pyridine rings is 1. The van der Waals surface area contributed by atoms with Crippen molar-refractivity contribution in [2.45, 2.75) is 45.0 Å². The molecule has 0 aliphatic rings. The van der Waals surface area contributed by atoms with Crippen molar-refractivity contribution >= 4 is 39.3 Å². The molecule has 0 spiro atoms. The fourth-order valence-electron chi connectivity index (χ4n) is 2.79. The van der Waals surface area contributed by atoms with E-state index in [1.807, 2.05) is 45.9 Å². The first kappa shape index (κ1) is 24.1. The Morgan fingerprint density at radius 2 is 1.93 bits per heavy atom. The summed E-state index contributed by atoms with van der Waals surface area (Å²) in [5, 5.41) is 6.67. The number of rotatable bonds is 8. The molecular formula is C23H26BrClFN3O. The summed E-state index contributed by atoms with van der Waals surface area (Å²) >= 11 is 9.82. The van der Waals surface area contributed by atoms with Gasteiger partial charge in [0.05, 0.1) is 16.3 Å². The van der Waals surface area contributed by atoms with Crippen LogP contribution in [-0.2, 0) is 6.54 Å². The summed E-state index contributed by atoms with van der Waals surface area (Å²) < 4.78 is 13.0. The van der Waals surface area contributed by atoms with Crippen LogP contribution in [0, 0.1) is 5.82 Å². The van der Waals surface area contributed by atoms with Crippen LogP contribution in [0.2, 0.25) is 0 Å². The lowest BCUT2D eigenvalue weighted by Crippen LogP contribution is -2.24. The largest absolute Gasteiger partial charge is 0.348 e. The second-order valence-electron chi connectivity index (χ2n) is 7.14. The van der Waals surface area contributed by atoms with Gasteiger partial charge in [-0.25, -0.2) is 9.37 Å². The molecule has 2 rings (SSSR count). The molecule has 30 heavy (non-hydrogen) atoms. The Hall–Kier alpha value is -2.18. The Morgan fingerprint density at radius 3 is 2.50 bits per heavy atom. The molecule has 4 nitrogen and oxygen atoms in total. The molecule has 160 valence electrons. The zero-order valence-corrected chi connectivity index (χ0v) is 19.8. The molecule has 1 atom stereocenters. The summed E-state index contributed by atoms with van der Waals surface area (Å²) in [6, 6.07) is 7.90. The Morgan fingerprint density at radius 1 is 1.27 bits per heavy atom. The number of hydrogen-bond acceptors (Lipinski definition) is 3. The van der Waals surface area contributed by atoms with Crippen LogP contribution >= 0.6 is 27.5 Å². The summed E-state index contributed by atoms with van der Waals surface area (Å²) in [5.74, 6) is 0.193. The Kier molecular flexibility index (Phi) is 9.06. The summed E-state index contributed by atoms with van der Waals surface area (Å²) in [6.07, 6.45) is 5.31. The van der Waals surface area contributed by atoms with E-state index in [0.717, 1.165) is 16.8 Å². The van der Waals surface area contributed by atoms with E-state index in [4.69, 9.17) is 11.6 Å². The molecule has 0 bridgehead atoms. The van der Waals surface area contributed by atoms with Gasteiger partial charge >= 0.3 is 0 Å². The minimum Gasteiger partial charge on any atom is -0.348 e. The first-order valence-corrected chi connectivity index (χ1v) is 11.0. The van der Waals surface area contributed by atoms with E-state index < -0.39 is 0 Å². The quantitative estimate of drug-likeness (QED) is 0.325. The van der Waals surface area contributed by atoms with E-state index in [1.165, 1.54) is 12.1 Å². The molecular weight excluding hydrogens is 469 g/mol. The van der Waals surface area contributed by atoms with Crippen molar-refractivity contribution < 1.29 is 9.18 Å². The Labute approximate surface area is 190 Å². The van der Waals surface area contributed by atoms with E-state index in [2.05, 4.69) is 31.5 Å². The van der Waals surface area contributed by atoms with Gasteiger partial charge in [-0.1, -0.05) is 65.7 Å².